The highest BCUT2D eigenvalue weighted by molar-refractivity contribution is 5.93. The number of carboxylic acid groups (broad SMARTS) is 1. The summed E-state index contributed by atoms with van der Waals surface area (Å²) in [6.45, 7) is 4.17. The molecule has 0 atom stereocenters. The fourth-order valence-corrected chi connectivity index (χ4v) is 3.51. The van der Waals surface area contributed by atoms with Crippen LogP contribution < -0.4 is 10.2 Å². The van der Waals surface area contributed by atoms with Crippen LogP contribution in [0.15, 0.2) is 59.4 Å². The first-order valence-corrected chi connectivity index (χ1v) is 11.3. The molecule has 0 amide bonds. The van der Waals surface area contributed by atoms with Gasteiger partial charge in [0, 0.05) is 30.1 Å². The Labute approximate surface area is 217 Å². The third kappa shape index (κ3) is 6.26. The highest BCUT2D eigenvalue weighted by Crippen LogP contribution is 2.32. The van der Waals surface area contributed by atoms with Crippen LogP contribution in [0.1, 0.15) is 12.8 Å². The number of benzene rings is 2. The minimum atomic E-state index is -5.08. The number of aliphatic carboxylic acids is 1. The summed E-state index contributed by atoms with van der Waals surface area (Å²) >= 11 is 0. The van der Waals surface area contributed by atoms with Crippen LogP contribution in [0.5, 0.6) is 0 Å². The van der Waals surface area contributed by atoms with Crippen molar-refractivity contribution in [2.45, 2.75) is 20.0 Å². The van der Waals surface area contributed by atoms with E-state index in [4.69, 9.17) is 14.4 Å². The standard InChI is InChI=1S/C22H19FN8O.C2HF3O2/c1-3-31(19-9-5-8-18-16(19)11-25-29-18)21-17(23)12-24-22(28-21)27-15-7-4-6-14(10-15)20-26-13(2)32-30-20;3-2(4,5)1(6)7/h4-12H,3H2,1-2H3,(H,25,29)(H,24,27,28);(H,6,7). The van der Waals surface area contributed by atoms with E-state index in [0.29, 0.717) is 23.9 Å². The van der Waals surface area contributed by atoms with Gasteiger partial charge in [-0.2, -0.15) is 28.2 Å². The Balaban J connectivity index is 0.000000448. The maximum atomic E-state index is 14.8. The van der Waals surface area contributed by atoms with Crippen molar-refractivity contribution in [2.24, 2.45) is 0 Å². The van der Waals surface area contributed by atoms with Crippen molar-refractivity contribution in [3.63, 3.8) is 0 Å². The molecule has 39 heavy (non-hydrogen) atoms. The lowest BCUT2D eigenvalue weighted by Gasteiger charge is -2.23. The van der Waals surface area contributed by atoms with Gasteiger partial charge in [-0.15, -0.1) is 0 Å². The molecule has 5 rings (SSSR count). The van der Waals surface area contributed by atoms with Gasteiger partial charge in [0.05, 0.1) is 23.6 Å². The summed E-state index contributed by atoms with van der Waals surface area (Å²) in [5.41, 5.74) is 3.15. The molecule has 3 aromatic heterocycles. The lowest BCUT2D eigenvalue weighted by molar-refractivity contribution is -0.192. The number of nitrogens with zero attached hydrogens (tertiary/aromatic N) is 6. The SMILES string of the molecule is CCN(c1nc(Nc2cccc(-c3noc(C)n3)c2)ncc1F)c1cccc2[nH]ncc12.O=C(O)C(F)(F)F. The number of fused-ring (bicyclic) bond motifs is 1. The van der Waals surface area contributed by atoms with E-state index in [0.717, 1.165) is 28.4 Å². The molecule has 0 radical (unpaired) electrons. The minimum absolute atomic E-state index is 0.170. The number of carbonyl (C=O) groups is 1. The monoisotopic (exact) mass is 544 g/mol. The topological polar surface area (TPSA) is 146 Å². The van der Waals surface area contributed by atoms with Gasteiger partial charge in [-0.3, -0.25) is 5.10 Å². The van der Waals surface area contributed by atoms with Gasteiger partial charge in [0.15, 0.2) is 11.6 Å². The number of rotatable bonds is 6. The second kappa shape index (κ2) is 11.1. The van der Waals surface area contributed by atoms with Crippen molar-refractivity contribution >= 4 is 40.0 Å². The first-order valence-electron chi connectivity index (χ1n) is 11.3. The van der Waals surface area contributed by atoms with Crippen molar-refractivity contribution in [1.82, 2.24) is 30.3 Å². The summed E-state index contributed by atoms with van der Waals surface area (Å²) in [5.74, 6) is -1.87. The Hall–Kier alpha value is -5.08. The lowest BCUT2D eigenvalue weighted by atomic mass is 10.2. The number of aromatic nitrogens is 6. The van der Waals surface area contributed by atoms with Crippen molar-refractivity contribution in [2.75, 3.05) is 16.8 Å². The highest BCUT2D eigenvalue weighted by Gasteiger charge is 2.38. The average Bonchev–Trinajstić information content (AvgIpc) is 3.56. The number of carboxylic acids is 1. The number of hydrogen-bond acceptors (Lipinski definition) is 9. The molecule has 5 aromatic rings. The van der Waals surface area contributed by atoms with Gasteiger partial charge >= 0.3 is 12.1 Å². The summed E-state index contributed by atoms with van der Waals surface area (Å²) in [6, 6.07) is 13.1. The molecule has 0 spiro atoms. The van der Waals surface area contributed by atoms with Crippen LogP contribution in [-0.2, 0) is 4.79 Å². The van der Waals surface area contributed by atoms with E-state index in [1.54, 1.807) is 18.0 Å². The number of halogens is 4. The zero-order valence-electron chi connectivity index (χ0n) is 20.4. The summed E-state index contributed by atoms with van der Waals surface area (Å²) in [4.78, 5) is 23.5. The second-order valence-corrected chi connectivity index (χ2v) is 7.86. The predicted octanol–water partition coefficient (Wildman–Crippen LogP) is 5.39. The third-order valence-electron chi connectivity index (χ3n) is 5.20. The number of aromatic amines is 1. The maximum absolute atomic E-state index is 14.8. The van der Waals surface area contributed by atoms with Gasteiger partial charge in [-0.05, 0) is 31.2 Å². The molecule has 0 aliphatic heterocycles. The van der Waals surface area contributed by atoms with Crippen LogP contribution in [0.2, 0.25) is 0 Å². The van der Waals surface area contributed by atoms with Crippen molar-refractivity contribution in [3.05, 3.63) is 66.6 Å². The van der Waals surface area contributed by atoms with Crippen LogP contribution in [0, 0.1) is 12.7 Å². The molecule has 0 saturated carbocycles. The first kappa shape index (κ1) is 27.0. The zero-order chi connectivity index (χ0) is 28.2. The van der Waals surface area contributed by atoms with Gasteiger partial charge in [0.25, 0.3) is 0 Å². The quantitative estimate of drug-likeness (QED) is 0.238. The van der Waals surface area contributed by atoms with Crippen LogP contribution in [0.4, 0.5) is 40.7 Å². The predicted molar refractivity (Wildman–Crippen MR) is 132 cm³/mol. The third-order valence-corrected chi connectivity index (χ3v) is 5.20. The van der Waals surface area contributed by atoms with E-state index in [2.05, 4.69) is 35.6 Å². The maximum Gasteiger partial charge on any atom is 0.490 e. The second-order valence-electron chi connectivity index (χ2n) is 7.86. The van der Waals surface area contributed by atoms with Crippen LogP contribution in [0.3, 0.4) is 0 Å². The van der Waals surface area contributed by atoms with E-state index >= 15 is 0 Å². The molecule has 3 N–H and O–H groups in total. The molecule has 2 aromatic carbocycles. The molecule has 0 unspecified atom stereocenters. The molecule has 0 aliphatic carbocycles. The van der Waals surface area contributed by atoms with Crippen LogP contribution in [0.25, 0.3) is 22.3 Å². The van der Waals surface area contributed by atoms with Crippen molar-refractivity contribution < 1.29 is 32.0 Å². The Morgan fingerprint density at radius 2 is 1.90 bits per heavy atom. The number of hydrogen-bond donors (Lipinski definition) is 3. The fraction of sp³-hybridized carbons (Fsp3) is 0.167. The van der Waals surface area contributed by atoms with E-state index in [9.17, 15) is 17.6 Å². The molecule has 11 nitrogen and oxygen atoms in total. The lowest BCUT2D eigenvalue weighted by Crippen LogP contribution is -2.21. The molecule has 0 fully saturated rings. The van der Waals surface area contributed by atoms with E-state index in [-0.39, 0.29) is 11.8 Å². The van der Waals surface area contributed by atoms with Gasteiger partial charge in [-0.25, -0.2) is 14.2 Å². The van der Waals surface area contributed by atoms with E-state index < -0.39 is 18.0 Å². The summed E-state index contributed by atoms with van der Waals surface area (Å²) < 4.78 is 51.6. The molecule has 202 valence electrons. The average molecular weight is 544 g/mol. The molecule has 0 aliphatic rings. The zero-order valence-corrected chi connectivity index (χ0v) is 20.4. The van der Waals surface area contributed by atoms with Crippen molar-refractivity contribution in [1.29, 1.82) is 0 Å². The van der Waals surface area contributed by atoms with Crippen LogP contribution in [-0.4, -0.2) is 54.1 Å². The number of aryl methyl sites for hydroxylation is 1. The number of H-pyrrole nitrogens is 1. The summed E-state index contributed by atoms with van der Waals surface area (Å²) in [7, 11) is 0. The normalized spacial score (nSPS) is 11.1. The Morgan fingerprint density at radius 3 is 2.56 bits per heavy atom. The van der Waals surface area contributed by atoms with Gasteiger partial charge in [0.2, 0.25) is 17.7 Å². The fourth-order valence-electron chi connectivity index (χ4n) is 3.51. The molecular weight excluding hydrogens is 524 g/mol. The Bertz CT molecular complexity index is 1600. The van der Waals surface area contributed by atoms with Gasteiger partial charge in [-0.1, -0.05) is 23.4 Å². The Kier molecular flexibility index (Phi) is 7.69. The molecule has 0 saturated heterocycles. The molecule has 15 heteroatoms. The highest BCUT2D eigenvalue weighted by atomic mass is 19.4. The number of nitrogens with one attached hydrogen (secondary N) is 2. The number of anilines is 4. The smallest absolute Gasteiger partial charge is 0.475 e. The van der Waals surface area contributed by atoms with E-state index in [1.807, 2.05) is 49.4 Å². The number of alkyl halides is 3. The van der Waals surface area contributed by atoms with E-state index in [1.165, 1.54) is 0 Å². The molecular formula is C24H20F4N8O3. The Morgan fingerprint density at radius 1 is 1.15 bits per heavy atom. The largest absolute Gasteiger partial charge is 0.490 e. The van der Waals surface area contributed by atoms with Crippen molar-refractivity contribution in [3.8, 4) is 11.4 Å². The summed E-state index contributed by atoms with van der Waals surface area (Å²) in [6.07, 6.45) is -2.20. The minimum Gasteiger partial charge on any atom is -0.475 e. The first-order chi connectivity index (χ1) is 18.6. The molecule has 0 bridgehead atoms. The molecule has 3 heterocycles. The summed E-state index contributed by atoms with van der Waals surface area (Å²) in [5, 5.41) is 22.1. The van der Waals surface area contributed by atoms with Gasteiger partial charge < -0.3 is 19.8 Å². The van der Waals surface area contributed by atoms with Crippen LogP contribution >= 0.6 is 0 Å². The van der Waals surface area contributed by atoms with Gasteiger partial charge in [0.1, 0.15) is 0 Å².